The second kappa shape index (κ2) is 7.73. The van der Waals surface area contributed by atoms with E-state index in [1.165, 1.54) is 17.9 Å². The lowest BCUT2D eigenvalue weighted by molar-refractivity contribution is 0.262. The number of hydrogen-bond acceptors (Lipinski definition) is 5. The smallest absolute Gasteiger partial charge is 0.324 e. The number of nitrogens with zero attached hydrogens (tertiary/aromatic N) is 3. The van der Waals surface area contributed by atoms with Gasteiger partial charge in [-0.15, -0.1) is 0 Å². The molecule has 0 aliphatic heterocycles. The van der Waals surface area contributed by atoms with Gasteiger partial charge in [0.2, 0.25) is 5.95 Å². The van der Waals surface area contributed by atoms with Crippen LogP contribution in [0, 0.1) is 6.92 Å². The van der Waals surface area contributed by atoms with Gasteiger partial charge < -0.3 is 10.1 Å². The van der Waals surface area contributed by atoms with Crippen LogP contribution in [0.15, 0.2) is 41.2 Å². The number of nitrogens with one attached hydrogen (secondary N) is 3. The molecule has 3 aromatic rings. The predicted octanol–water partition coefficient (Wildman–Crippen LogP) is 2.48. The van der Waals surface area contributed by atoms with E-state index >= 15 is 0 Å². The Morgan fingerprint density at radius 1 is 1.26 bits per heavy atom. The molecule has 0 radical (unpaired) electrons. The molecule has 0 aliphatic rings. The molecule has 27 heavy (non-hydrogen) atoms. The summed E-state index contributed by atoms with van der Waals surface area (Å²) in [6.45, 7) is 3.68. The van der Waals surface area contributed by atoms with E-state index in [1.807, 2.05) is 13.0 Å². The van der Waals surface area contributed by atoms with Crippen LogP contribution in [-0.2, 0) is 6.42 Å². The highest BCUT2D eigenvalue weighted by atomic mass is 16.5. The van der Waals surface area contributed by atoms with Crippen LogP contribution >= 0.6 is 0 Å². The minimum absolute atomic E-state index is 0.236. The summed E-state index contributed by atoms with van der Waals surface area (Å²) in [5.74, 6) is 1.15. The van der Waals surface area contributed by atoms with Gasteiger partial charge in [-0.1, -0.05) is 19.1 Å². The Morgan fingerprint density at radius 2 is 2.04 bits per heavy atom. The molecule has 1 aromatic carbocycles. The monoisotopic (exact) mass is 368 g/mol. The number of aromatic nitrogens is 4. The lowest BCUT2D eigenvalue weighted by atomic mass is 10.3. The minimum atomic E-state index is -0.477. The standard InChI is InChI=1S/C18H20N6O3/c1-4-12-10-16(25)22-17(19-12)24-15(9-11(2)23-24)21-18(26)20-13-7-5-6-8-14(13)27-3/h5-10H,4H2,1-3H3,(H,19,22,25)(H2,20,21,26). The molecule has 0 unspecified atom stereocenters. The number of aromatic amines is 1. The van der Waals surface area contributed by atoms with Gasteiger partial charge in [-0.25, -0.2) is 9.78 Å². The summed E-state index contributed by atoms with van der Waals surface area (Å²) < 4.78 is 6.61. The molecule has 0 saturated heterocycles. The minimum Gasteiger partial charge on any atom is -0.495 e. The summed E-state index contributed by atoms with van der Waals surface area (Å²) >= 11 is 0. The Hall–Kier alpha value is -3.62. The van der Waals surface area contributed by atoms with Crippen molar-refractivity contribution in [3.05, 3.63) is 58.1 Å². The largest absolute Gasteiger partial charge is 0.495 e. The number of rotatable bonds is 5. The SMILES string of the molecule is CCc1cc(=O)[nH]c(-n2nc(C)cc2NC(=O)Nc2ccccc2OC)n1. The zero-order chi connectivity index (χ0) is 19.4. The number of benzene rings is 1. The van der Waals surface area contributed by atoms with Crippen LogP contribution in [0.1, 0.15) is 18.3 Å². The van der Waals surface area contributed by atoms with Crippen LogP contribution in [-0.4, -0.2) is 32.9 Å². The van der Waals surface area contributed by atoms with Crippen molar-refractivity contribution in [2.45, 2.75) is 20.3 Å². The average molecular weight is 368 g/mol. The van der Waals surface area contributed by atoms with Crippen molar-refractivity contribution in [3.8, 4) is 11.7 Å². The van der Waals surface area contributed by atoms with Gasteiger partial charge in [-0.05, 0) is 25.5 Å². The van der Waals surface area contributed by atoms with Crippen molar-refractivity contribution in [1.82, 2.24) is 19.7 Å². The third-order valence-corrected chi connectivity index (χ3v) is 3.77. The van der Waals surface area contributed by atoms with Gasteiger partial charge >= 0.3 is 6.03 Å². The van der Waals surface area contributed by atoms with E-state index in [0.717, 1.165) is 0 Å². The van der Waals surface area contributed by atoms with Gasteiger partial charge in [0.1, 0.15) is 11.6 Å². The zero-order valence-corrected chi connectivity index (χ0v) is 15.2. The third kappa shape index (κ3) is 4.14. The number of para-hydroxylation sites is 2. The summed E-state index contributed by atoms with van der Waals surface area (Å²) in [7, 11) is 1.53. The molecule has 0 fully saturated rings. The summed E-state index contributed by atoms with van der Waals surface area (Å²) in [5, 5.41) is 9.75. The zero-order valence-electron chi connectivity index (χ0n) is 15.2. The van der Waals surface area contributed by atoms with Crippen molar-refractivity contribution >= 4 is 17.5 Å². The molecule has 2 heterocycles. The van der Waals surface area contributed by atoms with Crippen LogP contribution in [0.4, 0.5) is 16.3 Å². The summed E-state index contributed by atoms with van der Waals surface area (Å²) in [6.07, 6.45) is 0.605. The van der Waals surface area contributed by atoms with E-state index in [-0.39, 0.29) is 11.5 Å². The molecule has 140 valence electrons. The number of amides is 2. The lowest BCUT2D eigenvalue weighted by Crippen LogP contribution is -2.23. The van der Waals surface area contributed by atoms with Crippen LogP contribution in [0.3, 0.4) is 0 Å². The topological polar surface area (TPSA) is 114 Å². The first kappa shape index (κ1) is 18.2. The first-order valence-corrected chi connectivity index (χ1v) is 8.38. The second-order valence-corrected chi connectivity index (χ2v) is 5.78. The van der Waals surface area contributed by atoms with E-state index in [4.69, 9.17) is 4.74 Å². The fourth-order valence-corrected chi connectivity index (χ4v) is 2.54. The Kier molecular flexibility index (Phi) is 5.20. The molecule has 0 spiro atoms. The Bertz CT molecular complexity index is 1020. The maximum absolute atomic E-state index is 12.4. The summed E-state index contributed by atoms with van der Waals surface area (Å²) in [5.41, 5.74) is 1.53. The van der Waals surface area contributed by atoms with E-state index in [0.29, 0.717) is 35.1 Å². The van der Waals surface area contributed by atoms with Gasteiger partial charge in [-0.3, -0.25) is 15.1 Å². The van der Waals surface area contributed by atoms with E-state index in [9.17, 15) is 9.59 Å². The highest BCUT2D eigenvalue weighted by Crippen LogP contribution is 2.23. The van der Waals surface area contributed by atoms with Gasteiger partial charge in [0.25, 0.3) is 5.56 Å². The third-order valence-electron chi connectivity index (χ3n) is 3.77. The highest BCUT2D eigenvalue weighted by Gasteiger charge is 2.14. The van der Waals surface area contributed by atoms with Gasteiger partial charge in [0.15, 0.2) is 0 Å². The molecule has 9 nitrogen and oxygen atoms in total. The molecule has 9 heteroatoms. The van der Waals surface area contributed by atoms with Crippen molar-refractivity contribution in [3.63, 3.8) is 0 Å². The van der Waals surface area contributed by atoms with Crippen molar-refractivity contribution in [1.29, 1.82) is 0 Å². The Balaban J connectivity index is 1.87. The van der Waals surface area contributed by atoms with Crippen LogP contribution in [0.25, 0.3) is 5.95 Å². The molecule has 2 aromatic heterocycles. The summed E-state index contributed by atoms with van der Waals surface area (Å²) in [4.78, 5) is 31.3. The van der Waals surface area contributed by atoms with E-state index < -0.39 is 6.03 Å². The van der Waals surface area contributed by atoms with Gasteiger partial charge in [-0.2, -0.15) is 9.78 Å². The molecule has 0 saturated carbocycles. The first-order valence-electron chi connectivity index (χ1n) is 8.38. The quantitative estimate of drug-likeness (QED) is 0.640. The number of urea groups is 1. The molecule has 3 N–H and O–H groups in total. The first-order chi connectivity index (χ1) is 13.0. The number of hydrogen-bond donors (Lipinski definition) is 3. The fraction of sp³-hybridized carbons (Fsp3) is 0.222. The Morgan fingerprint density at radius 3 is 2.78 bits per heavy atom. The van der Waals surface area contributed by atoms with Crippen molar-refractivity contribution < 1.29 is 9.53 Å². The molecular formula is C18H20N6O3. The fourth-order valence-electron chi connectivity index (χ4n) is 2.54. The number of anilines is 2. The number of carbonyl (C=O) groups is 1. The molecule has 2 amide bonds. The van der Waals surface area contributed by atoms with Gasteiger partial charge in [0.05, 0.1) is 18.5 Å². The normalized spacial score (nSPS) is 10.5. The number of ether oxygens (including phenoxy) is 1. The van der Waals surface area contributed by atoms with Crippen molar-refractivity contribution in [2.24, 2.45) is 0 Å². The number of methoxy groups -OCH3 is 1. The molecule has 0 aliphatic carbocycles. The molecule has 0 bridgehead atoms. The number of aryl methyl sites for hydroxylation is 2. The predicted molar refractivity (Wildman–Crippen MR) is 102 cm³/mol. The number of carbonyl (C=O) groups excluding carboxylic acids is 1. The number of H-pyrrole nitrogens is 1. The maximum Gasteiger partial charge on any atom is 0.324 e. The Labute approximate surface area is 155 Å². The van der Waals surface area contributed by atoms with Crippen molar-refractivity contribution in [2.75, 3.05) is 17.7 Å². The van der Waals surface area contributed by atoms with Crippen LogP contribution < -0.4 is 20.9 Å². The molecule has 3 rings (SSSR count). The lowest BCUT2D eigenvalue weighted by Gasteiger charge is -2.12. The maximum atomic E-state index is 12.4. The average Bonchev–Trinajstić information content (AvgIpc) is 3.01. The summed E-state index contributed by atoms with van der Waals surface area (Å²) in [6, 6.07) is 9.71. The highest BCUT2D eigenvalue weighted by molar-refractivity contribution is 6.00. The van der Waals surface area contributed by atoms with E-state index in [2.05, 4.69) is 25.7 Å². The van der Waals surface area contributed by atoms with Crippen LogP contribution in [0.5, 0.6) is 5.75 Å². The molecule has 0 atom stereocenters. The van der Waals surface area contributed by atoms with E-state index in [1.54, 1.807) is 31.2 Å². The van der Waals surface area contributed by atoms with Gasteiger partial charge in [0, 0.05) is 17.8 Å². The molecular weight excluding hydrogens is 348 g/mol. The van der Waals surface area contributed by atoms with Crippen LogP contribution in [0.2, 0.25) is 0 Å². The second-order valence-electron chi connectivity index (χ2n) is 5.78.